The zero-order valence-corrected chi connectivity index (χ0v) is 10.1. The molecule has 1 aromatic heterocycles. The molecule has 2 nitrogen and oxygen atoms in total. The van der Waals surface area contributed by atoms with Crippen molar-refractivity contribution in [3.8, 4) is 0 Å². The van der Waals surface area contributed by atoms with Crippen LogP contribution in [0.25, 0.3) is 0 Å². The van der Waals surface area contributed by atoms with Crippen molar-refractivity contribution in [3.63, 3.8) is 0 Å². The Morgan fingerprint density at radius 1 is 1.50 bits per heavy atom. The molecular weight excluding hydrogens is 218 g/mol. The molecule has 0 saturated carbocycles. The lowest BCUT2D eigenvalue weighted by Crippen LogP contribution is -2.26. The van der Waals surface area contributed by atoms with E-state index in [1.807, 2.05) is 26.0 Å². The molecule has 0 aliphatic heterocycles. The molecule has 0 aliphatic carbocycles. The Kier molecular flexibility index (Phi) is 4.38. The summed E-state index contributed by atoms with van der Waals surface area (Å²) >= 11 is 7.38. The van der Waals surface area contributed by atoms with E-state index < -0.39 is 5.60 Å². The number of hydrogen-bond acceptors (Lipinski definition) is 3. The standard InChI is InChI=1S/C10H16ClNOS/c1-10(2,13)5-6-12-7-8-3-4-9(11)14-8/h3-4,12-13H,5-7H2,1-2H3. The number of hydrogen-bond donors (Lipinski definition) is 2. The van der Waals surface area contributed by atoms with E-state index in [1.54, 1.807) is 11.3 Å². The maximum Gasteiger partial charge on any atom is 0.0931 e. The zero-order valence-electron chi connectivity index (χ0n) is 8.51. The molecular formula is C10H16ClNOS. The van der Waals surface area contributed by atoms with Crippen LogP contribution in [0.4, 0.5) is 0 Å². The maximum absolute atomic E-state index is 9.46. The van der Waals surface area contributed by atoms with E-state index in [9.17, 15) is 5.11 Å². The fourth-order valence-corrected chi connectivity index (χ4v) is 2.11. The topological polar surface area (TPSA) is 32.3 Å². The van der Waals surface area contributed by atoms with Crippen molar-refractivity contribution in [2.75, 3.05) is 6.54 Å². The highest BCUT2D eigenvalue weighted by Crippen LogP contribution is 2.20. The van der Waals surface area contributed by atoms with Crippen molar-refractivity contribution in [3.05, 3.63) is 21.3 Å². The molecule has 1 heterocycles. The molecule has 0 spiro atoms. The van der Waals surface area contributed by atoms with Gasteiger partial charge in [0.25, 0.3) is 0 Å². The van der Waals surface area contributed by atoms with Crippen LogP contribution in [0.5, 0.6) is 0 Å². The Hall–Kier alpha value is -0.0900. The van der Waals surface area contributed by atoms with E-state index in [2.05, 4.69) is 5.32 Å². The fourth-order valence-electron chi connectivity index (χ4n) is 1.05. The average Bonchev–Trinajstić information content (AvgIpc) is 2.44. The molecule has 0 bridgehead atoms. The number of rotatable bonds is 5. The predicted octanol–water partition coefficient (Wildman–Crippen LogP) is 2.65. The Balaban J connectivity index is 2.16. The third kappa shape index (κ3) is 4.96. The molecule has 0 saturated heterocycles. The third-order valence-electron chi connectivity index (χ3n) is 1.84. The van der Waals surface area contributed by atoms with E-state index in [1.165, 1.54) is 4.88 Å². The van der Waals surface area contributed by atoms with Crippen LogP contribution in [0.15, 0.2) is 12.1 Å². The van der Waals surface area contributed by atoms with Gasteiger partial charge in [0.15, 0.2) is 0 Å². The van der Waals surface area contributed by atoms with Crippen molar-refractivity contribution in [2.45, 2.75) is 32.4 Å². The van der Waals surface area contributed by atoms with Gasteiger partial charge < -0.3 is 10.4 Å². The number of halogens is 1. The maximum atomic E-state index is 9.46. The minimum absolute atomic E-state index is 0.583. The van der Waals surface area contributed by atoms with Gasteiger partial charge in [-0.15, -0.1) is 11.3 Å². The van der Waals surface area contributed by atoms with Gasteiger partial charge in [-0.3, -0.25) is 0 Å². The van der Waals surface area contributed by atoms with Gasteiger partial charge in [-0.2, -0.15) is 0 Å². The lowest BCUT2D eigenvalue weighted by molar-refractivity contribution is 0.0711. The molecule has 4 heteroatoms. The van der Waals surface area contributed by atoms with Crippen LogP contribution < -0.4 is 5.32 Å². The Bertz CT molecular complexity index is 280. The molecule has 1 rings (SSSR count). The third-order valence-corrected chi connectivity index (χ3v) is 3.07. The Morgan fingerprint density at radius 3 is 2.71 bits per heavy atom. The van der Waals surface area contributed by atoms with Gasteiger partial charge in [0.05, 0.1) is 9.94 Å². The minimum atomic E-state index is -0.583. The molecule has 2 N–H and O–H groups in total. The summed E-state index contributed by atoms with van der Waals surface area (Å²) in [6, 6.07) is 3.92. The Labute approximate surface area is 93.9 Å². The predicted molar refractivity (Wildman–Crippen MR) is 62.0 cm³/mol. The van der Waals surface area contributed by atoms with Gasteiger partial charge in [0, 0.05) is 11.4 Å². The molecule has 0 amide bonds. The first-order chi connectivity index (χ1) is 6.47. The summed E-state index contributed by atoms with van der Waals surface area (Å²) in [7, 11) is 0. The first-order valence-corrected chi connectivity index (χ1v) is 5.84. The van der Waals surface area contributed by atoms with Gasteiger partial charge >= 0.3 is 0 Å². The van der Waals surface area contributed by atoms with Crippen molar-refractivity contribution in [2.24, 2.45) is 0 Å². The van der Waals surface area contributed by atoms with Gasteiger partial charge in [-0.1, -0.05) is 11.6 Å². The fraction of sp³-hybridized carbons (Fsp3) is 0.600. The summed E-state index contributed by atoms with van der Waals surface area (Å²) in [6.45, 7) is 5.28. The van der Waals surface area contributed by atoms with Crippen LogP contribution in [0.3, 0.4) is 0 Å². The normalized spacial score (nSPS) is 12.0. The summed E-state index contributed by atoms with van der Waals surface area (Å²) < 4.78 is 0.823. The molecule has 0 atom stereocenters. The molecule has 0 fully saturated rings. The second-order valence-corrected chi connectivity index (χ2v) is 5.74. The van der Waals surface area contributed by atoms with Crippen LogP contribution in [-0.2, 0) is 6.54 Å². The second-order valence-electron chi connectivity index (χ2n) is 3.95. The highest BCUT2D eigenvalue weighted by Gasteiger charge is 2.10. The lowest BCUT2D eigenvalue weighted by Gasteiger charge is -2.16. The number of nitrogens with one attached hydrogen (secondary N) is 1. The molecule has 80 valence electrons. The molecule has 0 unspecified atom stereocenters. The monoisotopic (exact) mass is 233 g/mol. The number of aliphatic hydroxyl groups is 1. The van der Waals surface area contributed by atoms with Gasteiger partial charge in [0.2, 0.25) is 0 Å². The van der Waals surface area contributed by atoms with Crippen LogP contribution in [0.2, 0.25) is 4.34 Å². The van der Waals surface area contributed by atoms with Crippen molar-refractivity contribution >= 4 is 22.9 Å². The smallest absolute Gasteiger partial charge is 0.0931 e. The molecule has 0 aromatic carbocycles. The van der Waals surface area contributed by atoms with Crippen molar-refractivity contribution in [1.29, 1.82) is 0 Å². The molecule has 0 radical (unpaired) electrons. The Morgan fingerprint density at radius 2 is 2.21 bits per heavy atom. The zero-order chi connectivity index (χ0) is 10.6. The second kappa shape index (κ2) is 5.12. The van der Waals surface area contributed by atoms with Gasteiger partial charge in [-0.25, -0.2) is 0 Å². The van der Waals surface area contributed by atoms with Crippen LogP contribution in [0, 0.1) is 0 Å². The van der Waals surface area contributed by atoms with E-state index >= 15 is 0 Å². The van der Waals surface area contributed by atoms with Gasteiger partial charge in [-0.05, 0) is 38.9 Å². The summed E-state index contributed by atoms with van der Waals surface area (Å²) in [5.74, 6) is 0. The average molecular weight is 234 g/mol. The summed E-state index contributed by atoms with van der Waals surface area (Å²) in [5, 5.41) is 12.7. The number of thiophene rings is 1. The minimum Gasteiger partial charge on any atom is -0.390 e. The summed E-state index contributed by atoms with van der Waals surface area (Å²) in [5.41, 5.74) is -0.583. The van der Waals surface area contributed by atoms with E-state index in [0.717, 1.165) is 23.8 Å². The quantitative estimate of drug-likeness (QED) is 0.767. The van der Waals surface area contributed by atoms with Crippen molar-refractivity contribution < 1.29 is 5.11 Å². The van der Waals surface area contributed by atoms with Crippen LogP contribution in [0.1, 0.15) is 25.1 Å². The van der Waals surface area contributed by atoms with Crippen LogP contribution in [-0.4, -0.2) is 17.3 Å². The first kappa shape index (κ1) is 12.0. The highest BCUT2D eigenvalue weighted by molar-refractivity contribution is 7.16. The molecule has 14 heavy (non-hydrogen) atoms. The SMILES string of the molecule is CC(C)(O)CCNCc1ccc(Cl)s1. The van der Waals surface area contributed by atoms with Crippen molar-refractivity contribution in [1.82, 2.24) is 5.32 Å². The summed E-state index contributed by atoms with van der Waals surface area (Å²) in [4.78, 5) is 1.23. The molecule has 0 aliphatic rings. The van der Waals surface area contributed by atoms with E-state index in [-0.39, 0.29) is 0 Å². The first-order valence-electron chi connectivity index (χ1n) is 4.65. The van der Waals surface area contributed by atoms with Gasteiger partial charge in [0.1, 0.15) is 0 Å². The highest BCUT2D eigenvalue weighted by atomic mass is 35.5. The lowest BCUT2D eigenvalue weighted by atomic mass is 10.1. The van der Waals surface area contributed by atoms with E-state index in [0.29, 0.717) is 0 Å². The summed E-state index contributed by atoms with van der Waals surface area (Å²) in [6.07, 6.45) is 0.756. The van der Waals surface area contributed by atoms with Crippen LogP contribution >= 0.6 is 22.9 Å². The van der Waals surface area contributed by atoms with E-state index in [4.69, 9.17) is 11.6 Å². The molecule has 1 aromatic rings. The largest absolute Gasteiger partial charge is 0.390 e.